The Morgan fingerprint density at radius 2 is 2.18 bits per heavy atom. The van der Waals surface area contributed by atoms with Crippen LogP contribution in [0, 0.1) is 5.92 Å². The van der Waals surface area contributed by atoms with Crippen molar-refractivity contribution in [1.82, 2.24) is 0 Å². The zero-order valence-corrected chi connectivity index (χ0v) is 6.76. The number of alkyl halides is 1. The van der Waals surface area contributed by atoms with E-state index in [1.54, 1.807) is 0 Å². The molecule has 0 heterocycles. The Kier molecular flexibility index (Phi) is 6.03. The molecule has 0 aliphatic carbocycles. The summed E-state index contributed by atoms with van der Waals surface area (Å²) in [5.74, 6) is -0.352. The molecule has 0 saturated carbocycles. The first kappa shape index (κ1) is 10.6. The fourth-order valence-electron chi connectivity index (χ4n) is 0.999. The molecule has 0 saturated heterocycles. The SMILES string of the molecule is CCC[C@@H](/C=C/F)C(F)CN. The van der Waals surface area contributed by atoms with Crippen molar-refractivity contribution in [3.8, 4) is 0 Å². The third kappa shape index (κ3) is 4.09. The molecule has 3 heteroatoms. The van der Waals surface area contributed by atoms with Crippen LogP contribution < -0.4 is 5.73 Å². The van der Waals surface area contributed by atoms with Gasteiger partial charge in [-0.05, 0) is 6.42 Å². The lowest BCUT2D eigenvalue weighted by atomic mass is 9.98. The lowest BCUT2D eigenvalue weighted by Crippen LogP contribution is -2.23. The van der Waals surface area contributed by atoms with Gasteiger partial charge in [-0.1, -0.05) is 19.4 Å². The molecule has 0 aromatic heterocycles. The average Bonchev–Trinajstić information content (AvgIpc) is 2.03. The second-order valence-electron chi connectivity index (χ2n) is 2.52. The fourth-order valence-corrected chi connectivity index (χ4v) is 0.999. The van der Waals surface area contributed by atoms with Crippen LogP contribution in [0.15, 0.2) is 12.4 Å². The van der Waals surface area contributed by atoms with Crippen LogP contribution in [0.1, 0.15) is 19.8 Å². The van der Waals surface area contributed by atoms with Gasteiger partial charge in [0, 0.05) is 12.5 Å². The van der Waals surface area contributed by atoms with Crippen LogP contribution in [-0.4, -0.2) is 12.7 Å². The molecule has 2 N–H and O–H groups in total. The first-order valence-corrected chi connectivity index (χ1v) is 3.87. The predicted octanol–water partition coefficient (Wildman–Crippen LogP) is 2.18. The van der Waals surface area contributed by atoms with Gasteiger partial charge >= 0.3 is 0 Å². The zero-order valence-electron chi connectivity index (χ0n) is 6.76. The number of halogens is 2. The summed E-state index contributed by atoms with van der Waals surface area (Å²) in [4.78, 5) is 0. The molecule has 0 radical (unpaired) electrons. The minimum absolute atomic E-state index is 0.0327. The topological polar surface area (TPSA) is 26.0 Å². The predicted molar refractivity (Wildman–Crippen MR) is 42.6 cm³/mol. The molecule has 66 valence electrons. The third-order valence-corrected chi connectivity index (χ3v) is 1.63. The summed E-state index contributed by atoms with van der Waals surface area (Å²) in [5.41, 5.74) is 5.10. The van der Waals surface area contributed by atoms with Crippen molar-refractivity contribution < 1.29 is 8.78 Å². The van der Waals surface area contributed by atoms with E-state index >= 15 is 0 Å². The molecule has 0 rings (SSSR count). The summed E-state index contributed by atoms with van der Waals surface area (Å²) in [7, 11) is 0. The number of nitrogens with two attached hydrogens (primary N) is 1. The summed E-state index contributed by atoms with van der Waals surface area (Å²) in [6.45, 7) is 1.90. The maximum atomic E-state index is 12.8. The van der Waals surface area contributed by atoms with Gasteiger partial charge in [-0.3, -0.25) is 0 Å². The molecule has 0 spiro atoms. The lowest BCUT2D eigenvalue weighted by Gasteiger charge is -2.13. The maximum absolute atomic E-state index is 12.8. The van der Waals surface area contributed by atoms with Crippen LogP contribution in [0.2, 0.25) is 0 Å². The minimum atomic E-state index is -1.11. The van der Waals surface area contributed by atoms with Crippen LogP contribution in [0.25, 0.3) is 0 Å². The molecule has 0 amide bonds. The maximum Gasteiger partial charge on any atom is 0.119 e. The number of hydrogen-bond donors (Lipinski definition) is 1. The average molecular weight is 163 g/mol. The van der Waals surface area contributed by atoms with Gasteiger partial charge < -0.3 is 5.73 Å². The van der Waals surface area contributed by atoms with Gasteiger partial charge in [0.15, 0.2) is 0 Å². The summed E-state index contributed by atoms with van der Waals surface area (Å²) in [6, 6.07) is 0. The van der Waals surface area contributed by atoms with E-state index in [4.69, 9.17) is 5.73 Å². The van der Waals surface area contributed by atoms with Crippen molar-refractivity contribution in [2.24, 2.45) is 11.7 Å². The largest absolute Gasteiger partial charge is 0.328 e. The van der Waals surface area contributed by atoms with E-state index in [1.165, 1.54) is 6.08 Å². The Morgan fingerprint density at radius 1 is 1.55 bits per heavy atom. The highest BCUT2D eigenvalue weighted by Gasteiger charge is 2.15. The normalized spacial score (nSPS) is 17.1. The third-order valence-electron chi connectivity index (χ3n) is 1.63. The smallest absolute Gasteiger partial charge is 0.119 e. The number of hydrogen-bond acceptors (Lipinski definition) is 1. The zero-order chi connectivity index (χ0) is 8.69. The second kappa shape index (κ2) is 6.28. The molecule has 0 aromatic rings. The molecule has 1 nitrogen and oxygen atoms in total. The monoisotopic (exact) mass is 163 g/mol. The molecule has 0 aliphatic heterocycles. The molecule has 1 unspecified atom stereocenters. The Bertz CT molecular complexity index is 115. The number of rotatable bonds is 5. The van der Waals surface area contributed by atoms with E-state index in [-0.39, 0.29) is 12.5 Å². The fraction of sp³-hybridized carbons (Fsp3) is 0.750. The van der Waals surface area contributed by atoms with E-state index in [1.807, 2.05) is 6.92 Å². The van der Waals surface area contributed by atoms with Crippen molar-refractivity contribution in [2.75, 3.05) is 6.54 Å². The van der Waals surface area contributed by atoms with Gasteiger partial charge in [0.05, 0.1) is 6.33 Å². The van der Waals surface area contributed by atoms with Gasteiger partial charge in [0.25, 0.3) is 0 Å². The Labute approximate surface area is 66.3 Å². The summed E-state index contributed by atoms with van der Waals surface area (Å²) in [6.07, 6.45) is 2.01. The van der Waals surface area contributed by atoms with Crippen LogP contribution in [-0.2, 0) is 0 Å². The van der Waals surface area contributed by atoms with Crippen molar-refractivity contribution in [1.29, 1.82) is 0 Å². The Hall–Kier alpha value is -0.440. The van der Waals surface area contributed by atoms with Gasteiger partial charge in [0.2, 0.25) is 0 Å². The van der Waals surface area contributed by atoms with E-state index < -0.39 is 6.17 Å². The molecular formula is C8H15F2N. The highest BCUT2D eigenvalue weighted by molar-refractivity contribution is 4.87. The first-order valence-electron chi connectivity index (χ1n) is 3.87. The van der Waals surface area contributed by atoms with Crippen LogP contribution >= 0.6 is 0 Å². The molecule has 0 aromatic carbocycles. The van der Waals surface area contributed by atoms with Crippen molar-refractivity contribution >= 4 is 0 Å². The van der Waals surface area contributed by atoms with Crippen molar-refractivity contribution in [2.45, 2.75) is 25.9 Å². The van der Waals surface area contributed by atoms with E-state index in [2.05, 4.69) is 0 Å². The molecule has 0 bridgehead atoms. The quantitative estimate of drug-likeness (QED) is 0.660. The van der Waals surface area contributed by atoms with E-state index in [0.717, 1.165) is 6.42 Å². The van der Waals surface area contributed by atoms with Gasteiger partial charge in [-0.15, -0.1) is 0 Å². The van der Waals surface area contributed by atoms with Gasteiger partial charge in [0.1, 0.15) is 6.17 Å². The molecule has 11 heavy (non-hydrogen) atoms. The standard InChI is InChI=1S/C8H15F2N/c1-2-3-7(4-5-9)8(10)6-11/h4-5,7-8H,2-3,6,11H2,1H3/b5-4+/t7-,8?/m0/s1. The van der Waals surface area contributed by atoms with Crippen LogP contribution in [0.3, 0.4) is 0 Å². The van der Waals surface area contributed by atoms with Crippen LogP contribution in [0.5, 0.6) is 0 Å². The van der Waals surface area contributed by atoms with E-state index in [9.17, 15) is 8.78 Å². The molecule has 2 atom stereocenters. The van der Waals surface area contributed by atoms with Gasteiger partial charge in [-0.2, -0.15) is 0 Å². The summed E-state index contributed by atoms with van der Waals surface area (Å²) < 4.78 is 24.5. The highest BCUT2D eigenvalue weighted by Crippen LogP contribution is 2.15. The second-order valence-corrected chi connectivity index (χ2v) is 2.52. The highest BCUT2D eigenvalue weighted by atomic mass is 19.1. The minimum Gasteiger partial charge on any atom is -0.328 e. The van der Waals surface area contributed by atoms with E-state index in [0.29, 0.717) is 12.8 Å². The number of allylic oxidation sites excluding steroid dienone is 1. The molecule has 0 fully saturated rings. The summed E-state index contributed by atoms with van der Waals surface area (Å²) >= 11 is 0. The van der Waals surface area contributed by atoms with Crippen molar-refractivity contribution in [3.05, 3.63) is 12.4 Å². The van der Waals surface area contributed by atoms with Gasteiger partial charge in [-0.25, -0.2) is 8.78 Å². The molecular weight excluding hydrogens is 148 g/mol. The first-order chi connectivity index (χ1) is 5.26. The summed E-state index contributed by atoms with van der Waals surface area (Å²) in [5, 5.41) is 0. The Balaban J connectivity index is 3.86. The van der Waals surface area contributed by atoms with Crippen LogP contribution in [0.4, 0.5) is 8.78 Å². The van der Waals surface area contributed by atoms with Crippen molar-refractivity contribution in [3.63, 3.8) is 0 Å². The molecule has 0 aliphatic rings. The lowest BCUT2D eigenvalue weighted by molar-refractivity contribution is 0.258. The Morgan fingerprint density at radius 3 is 2.55 bits per heavy atom.